The van der Waals surface area contributed by atoms with E-state index in [4.69, 9.17) is 0 Å². The van der Waals surface area contributed by atoms with Crippen LogP contribution in [0.1, 0.15) is 189 Å². The van der Waals surface area contributed by atoms with Crippen molar-refractivity contribution in [1.29, 1.82) is 0 Å². The van der Waals surface area contributed by atoms with Crippen molar-refractivity contribution in [2.45, 2.75) is 243 Å². The highest BCUT2D eigenvalue weighted by atomic mass is 19.4. The summed E-state index contributed by atoms with van der Waals surface area (Å²) in [6.07, 6.45) is 5.52. The maximum Gasteiger partial charge on any atom is 0.391 e. The summed E-state index contributed by atoms with van der Waals surface area (Å²) < 4.78 is 41.2. The van der Waals surface area contributed by atoms with Gasteiger partial charge in [0.15, 0.2) is 0 Å². The summed E-state index contributed by atoms with van der Waals surface area (Å²) >= 11 is 0. The first-order valence-electron chi connectivity index (χ1n) is 33.1. The van der Waals surface area contributed by atoms with E-state index in [-0.39, 0.29) is 101 Å². The van der Waals surface area contributed by atoms with Gasteiger partial charge >= 0.3 is 6.18 Å². The highest BCUT2D eigenvalue weighted by molar-refractivity contribution is 5.99. The van der Waals surface area contributed by atoms with Crippen LogP contribution in [0.15, 0.2) is 0 Å². The van der Waals surface area contributed by atoms with Crippen LogP contribution in [0, 0.1) is 29.6 Å². The maximum absolute atomic E-state index is 15.1. The highest BCUT2D eigenvalue weighted by Gasteiger charge is 2.50. The van der Waals surface area contributed by atoms with E-state index < -0.39 is 150 Å². The second kappa shape index (κ2) is 32.3. The number of carbonyl (C=O) groups is 11. The van der Waals surface area contributed by atoms with Crippen LogP contribution < -0.4 is 21.3 Å². The van der Waals surface area contributed by atoms with Crippen molar-refractivity contribution in [3.63, 3.8) is 0 Å². The summed E-state index contributed by atoms with van der Waals surface area (Å²) in [5.74, 6) is -8.23. The normalized spacial score (nSPS) is 29.9. The van der Waals surface area contributed by atoms with Gasteiger partial charge in [-0.3, -0.25) is 52.7 Å². The summed E-state index contributed by atoms with van der Waals surface area (Å²) in [5, 5.41) is 11.8. The van der Waals surface area contributed by atoms with Crippen LogP contribution in [0.25, 0.3) is 0 Å². The molecule has 0 aromatic carbocycles. The lowest BCUT2D eigenvalue weighted by Gasteiger charge is -2.39. The third-order valence-electron chi connectivity index (χ3n) is 20.2. The molecule has 22 nitrogen and oxygen atoms in total. The zero-order valence-electron chi connectivity index (χ0n) is 54.7. The summed E-state index contributed by atoms with van der Waals surface area (Å²) in [5.41, 5.74) is -1.45. The minimum atomic E-state index is -4.33. The molecule has 0 aromatic heterocycles. The minimum absolute atomic E-state index is 0.0270. The Morgan fingerprint density at radius 1 is 0.551 bits per heavy atom. The van der Waals surface area contributed by atoms with Gasteiger partial charge in [-0.1, -0.05) is 79.1 Å². The number of nitrogens with one attached hydrogen (secondary N) is 4. The molecule has 6 rings (SSSR count). The molecular weight excluding hydrogens is 1160 g/mol. The van der Waals surface area contributed by atoms with Crippen molar-refractivity contribution in [3.05, 3.63) is 0 Å². The Bertz CT molecular complexity index is 2520. The number of amides is 11. The molecule has 6 aliphatic rings. The first-order chi connectivity index (χ1) is 42.0. The van der Waals surface area contributed by atoms with Gasteiger partial charge in [0.25, 0.3) is 0 Å². The van der Waals surface area contributed by atoms with Gasteiger partial charge in [0, 0.05) is 60.8 Å². The third-order valence-corrected chi connectivity index (χ3v) is 20.2. The van der Waals surface area contributed by atoms with Gasteiger partial charge in [-0.25, -0.2) is 0 Å². The van der Waals surface area contributed by atoms with Crippen LogP contribution in [0.4, 0.5) is 13.2 Å². The molecule has 0 aromatic rings. The molecular formula is C64H104F3N11O11. The monoisotopic (exact) mass is 1260 g/mol. The number of carbonyl (C=O) groups excluding carboxylic acids is 11. The molecule has 89 heavy (non-hydrogen) atoms. The molecule has 4 N–H and O–H groups in total. The number of alkyl halides is 3. The van der Waals surface area contributed by atoms with Crippen LogP contribution in [-0.4, -0.2) is 221 Å². The number of piperidine rings is 1. The average Bonchev–Trinajstić information content (AvgIpc) is 2.62. The van der Waals surface area contributed by atoms with Crippen molar-refractivity contribution >= 4 is 65.0 Å². The number of nitrogens with zero attached hydrogens (tertiary/aromatic N) is 7. The van der Waals surface area contributed by atoms with Crippen molar-refractivity contribution in [3.8, 4) is 0 Å². The Morgan fingerprint density at radius 2 is 1.15 bits per heavy atom. The molecule has 11 amide bonds. The van der Waals surface area contributed by atoms with E-state index in [0.717, 1.165) is 37.0 Å². The van der Waals surface area contributed by atoms with Crippen LogP contribution in [0.2, 0.25) is 0 Å². The van der Waals surface area contributed by atoms with Gasteiger partial charge in [-0.2, -0.15) is 13.2 Å². The average molecular weight is 1260 g/mol. The Labute approximate surface area is 524 Å². The number of rotatable bonds is 9. The van der Waals surface area contributed by atoms with E-state index >= 15 is 9.59 Å². The van der Waals surface area contributed by atoms with Crippen molar-refractivity contribution in [2.24, 2.45) is 29.6 Å². The number of fused-ring (bicyclic) bond motifs is 2. The van der Waals surface area contributed by atoms with E-state index in [1.165, 1.54) is 64.6 Å². The second-order valence-corrected chi connectivity index (χ2v) is 27.5. The molecule has 3 aliphatic carbocycles. The molecule has 6 fully saturated rings. The number of hydrogen-bond acceptors (Lipinski definition) is 11. The standard InChI is InChI=1S/C64H104F3N11O11/c1-11-41(4)55-61(88)74(8)38-53(81)72(6)39-54(82)75(9)50(36-44-20-13-12-14-21-44)60(87)73(7)37-51(79)69-46(29-26-43-24-27-45(28-25-43)64(65,66)67)59(86)78-33-19-23-48(78)58(85)71-63(30-16-17-31-63)62(89)76(10)49(34-40(2)3)57(84)68-42(5)35-52(80)77-32-18-15-22-47(77)56(83)70-55/h40-50,55H,11-39H2,1-10H3,(H,68,84)(H,69,79)(H,70,83)(H,71,85)/t41-,42+,43?,45?,46-,47-,48-,49-,50-,55-/m0/s1. The topological polar surface area (TPSA) is 259 Å². The lowest BCUT2D eigenvalue weighted by Crippen LogP contribution is -2.64. The van der Waals surface area contributed by atoms with Gasteiger partial charge in [-0.05, 0) is 127 Å². The molecule has 502 valence electrons. The first kappa shape index (κ1) is 72.0. The highest BCUT2D eigenvalue weighted by Crippen LogP contribution is 2.41. The number of halogens is 3. The van der Waals surface area contributed by atoms with Gasteiger partial charge in [0.1, 0.15) is 41.8 Å². The lowest BCUT2D eigenvalue weighted by atomic mass is 9.79. The molecule has 3 aliphatic heterocycles. The third kappa shape index (κ3) is 19.0. The summed E-state index contributed by atoms with van der Waals surface area (Å²) in [7, 11) is 7.23. The van der Waals surface area contributed by atoms with Crippen LogP contribution >= 0.6 is 0 Å². The number of hydrogen-bond donors (Lipinski definition) is 4. The predicted molar refractivity (Wildman–Crippen MR) is 326 cm³/mol. The molecule has 3 heterocycles. The van der Waals surface area contributed by atoms with Gasteiger partial charge in [0.05, 0.1) is 25.6 Å². The van der Waals surface area contributed by atoms with Gasteiger partial charge in [-0.15, -0.1) is 0 Å². The summed E-state index contributed by atoms with van der Waals surface area (Å²) in [6, 6.07) is -7.22. The molecule has 0 bridgehead atoms. The first-order valence-corrected chi connectivity index (χ1v) is 33.1. The van der Waals surface area contributed by atoms with E-state index in [1.807, 2.05) is 20.8 Å². The van der Waals surface area contributed by atoms with Crippen molar-refractivity contribution in [1.82, 2.24) is 55.6 Å². The molecule has 0 radical (unpaired) electrons. The summed E-state index contributed by atoms with van der Waals surface area (Å²) in [4.78, 5) is 168. The Balaban J connectivity index is 1.33. The van der Waals surface area contributed by atoms with E-state index in [9.17, 15) is 56.3 Å². The molecule has 3 saturated carbocycles. The van der Waals surface area contributed by atoms with Gasteiger partial charge < -0.3 is 55.6 Å². The Hall–Kier alpha value is -6.04. The Kier molecular flexibility index (Phi) is 26.1. The predicted octanol–water partition coefficient (Wildman–Crippen LogP) is 4.91. The fourth-order valence-corrected chi connectivity index (χ4v) is 14.4. The minimum Gasteiger partial charge on any atom is -0.351 e. The largest absolute Gasteiger partial charge is 0.391 e. The zero-order chi connectivity index (χ0) is 65.7. The maximum atomic E-state index is 15.1. The second-order valence-electron chi connectivity index (χ2n) is 27.5. The quantitative estimate of drug-likeness (QED) is 0.241. The fourth-order valence-electron chi connectivity index (χ4n) is 14.4. The lowest BCUT2D eigenvalue weighted by molar-refractivity contribution is -0.184. The fraction of sp³-hybridized carbons (Fsp3) is 0.828. The SMILES string of the molecule is CC[C@H](C)[C@@H]1NC(=O)[C@@H]2CCCCN2C(=O)C[C@@H](C)NC(=O)[C@H](CC(C)C)N(C)C(=O)C2(CCCC2)NC(=O)[C@@H]2CCCN2C(=O)[C@H](CCC2CCC(C(F)(F)F)CC2)NC(=O)CN(C)C(=O)[C@H](CC2CCCCC2)N(C)C(=O)CN(C)C(=O)CN(C)C1=O. The molecule has 1 spiro atoms. The van der Waals surface area contributed by atoms with Crippen LogP contribution in [0.5, 0.6) is 0 Å². The molecule has 8 atom stereocenters. The van der Waals surface area contributed by atoms with Gasteiger partial charge in [0.2, 0.25) is 65.0 Å². The molecule has 0 unspecified atom stereocenters. The van der Waals surface area contributed by atoms with Crippen molar-refractivity contribution in [2.75, 3.05) is 68.0 Å². The van der Waals surface area contributed by atoms with E-state index in [1.54, 1.807) is 13.8 Å². The van der Waals surface area contributed by atoms with E-state index in [2.05, 4.69) is 21.3 Å². The number of likely N-dealkylation sites (N-methyl/N-ethyl adjacent to an activating group) is 5. The van der Waals surface area contributed by atoms with Crippen LogP contribution in [0.3, 0.4) is 0 Å². The van der Waals surface area contributed by atoms with Crippen LogP contribution in [-0.2, 0) is 52.7 Å². The Morgan fingerprint density at radius 3 is 1.78 bits per heavy atom. The zero-order valence-corrected chi connectivity index (χ0v) is 54.7. The van der Waals surface area contributed by atoms with Crippen molar-refractivity contribution < 1.29 is 65.9 Å². The molecule has 25 heteroatoms. The summed E-state index contributed by atoms with van der Waals surface area (Å²) in [6.45, 7) is 8.02. The van der Waals surface area contributed by atoms with E-state index in [0.29, 0.717) is 51.4 Å². The smallest absolute Gasteiger partial charge is 0.351 e. The molecule has 3 saturated heterocycles.